The number of ketones is 1. The number of hydrogen-bond donors (Lipinski definition) is 1. The van der Waals surface area contributed by atoms with Crippen molar-refractivity contribution >= 4 is 11.8 Å². The van der Waals surface area contributed by atoms with Crippen molar-refractivity contribution in [2.24, 2.45) is 17.8 Å². The van der Waals surface area contributed by atoms with E-state index in [2.05, 4.69) is 30.7 Å². The molecule has 1 rings (SSSR count). The Labute approximate surface area is 165 Å². The van der Waals surface area contributed by atoms with Gasteiger partial charge in [0.15, 0.2) is 0 Å². The number of esters is 1. The summed E-state index contributed by atoms with van der Waals surface area (Å²) in [5.74, 6) is 1.06. The maximum Gasteiger partial charge on any atom is 0.305 e. The van der Waals surface area contributed by atoms with Crippen LogP contribution in [0.3, 0.4) is 0 Å². The molecule has 1 aliphatic carbocycles. The molecule has 1 saturated carbocycles. The van der Waals surface area contributed by atoms with E-state index in [9.17, 15) is 14.7 Å². The summed E-state index contributed by atoms with van der Waals surface area (Å²) in [6.07, 6.45) is 13.9. The largest absolute Gasteiger partial charge is 0.469 e. The fourth-order valence-corrected chi connectivity index (χ4v) is 4.12. The summed E-state index contributed by atoms with van der Waals surface area (Å²) in [6, 6.07) is 0. The number of ether oxygens (including phenoxy) is 1. The molecular weight excluding hydrogens is 340 g/mol. The molecule has 1 N–H and O–H groups in total. The van der Waals surface area contributed by atoms with Crippen LogP contribution in [0.25, 0.3) is 0 Å². The molecule has 27 heavy (non-hydrogen) atoms. The first-order chi connectivity index (χ1) is 12.8. The minimum Gasteiger partial charge on any atom is -0.469 e. The molecule has 0 aliphatic heterocycles. The first kappa shape index (κ1) is 23.9. The number of carbonyl (C=O) groups is 2. The Bertz CT molecular complexity index is 481. The number of carbonyl (C=O) groups excluding carboxylic acids is 2. The van der Waals surface area contributed by atoms with Gasteiger partial charge in [0.25, 0.3) is 0 Å². The minimum atomic E-state index is -0.645. The zero-order chi connectivity index (χ0) is 20.3. The molecule has 2 unspecified atom stereocenters. The molecule has 0 aromatic heterocycles. The molecule has 156 valence electrons. The van der Waals surface area contributed by atoms with Crippen molar-refractivity contribution in [2.45, 2.75) is 97.0 Å². The van der Waals surface area contributed by atoms with Crippen molar-refractivity contribution in [1.29, 1.82) is 0 Å². The molecule has 4 nitrogen and oxygen atoms in total. The van der Waals surface area contributed by atoms with E-state index < -0.39 is 5.60 Å². The van der Waals surface area contributed by atoms with E-state index >= 15 is 0 Å². The van der Waals surface area contributed by atoms with E-state index in [0.29, 0.717) is 36.9 Å². The maximum absolute atomic E-state index is 12.4. The lowest BCUT2D eigenvalue weighted by Gasteiger charge is -2.22. The molecule has 0 aromatic rings. The predicted octanol–water partition coefficient (Wildman–Crippen LogP) is 5.23. The van der Waals surface area contributed by atoms with Gasteiger partial charge in [-0.25, -0.2) is 0 Å². The highest BCUT2D eigenvalue weighted by molar-refractivity contribution is 5.84. The van der Waals surface area contributed by atoms with Crippen LogP contribution in [0.4, 0.5) is 0 Å². The number of rotatable bonds is 13. The average Bonchev–Trinajstić information content (AvgIpc) is 2.89. The molecule has 0 aromatic carbocycles. The van der Waals surface area contributed by atoms with Crippen molar-refractivity contribution < 1.29 is 19.4 Å². The second-order valence-corrected chi connectivity index (χ2v) is 8.59. The van der Waals surface area contributed by atoms with Crippen molar-refractivity contribution in [1.82, 2.24) is 0 Å². The van der Waals surface area contributed by atoms with Gasteiger partial charge >= 0.3 is 5.97 Å². The summed E-state index contributed by atoms with van der Waals surface area (Å²) in [5, 5.41) is 10.4. The summed E-state index contributed by atoms with van der Waals surface area (Å²) in [6.45, 7) is 6.21. The van der Waals surface area contributed by atoms with E-state index in [1.807, 2.05) is 6.92 Å². The van der Waals surface area contributed by atoms with Crippen LogP contribution >= 0.6 is 0 Å². The average molecular weight is 381 g/mol. The lowest BCUT2D eigenvalue weighted by atomic mass is 9.85. The Balaban J connectivity index is 2.42. The second-order valence-electron chi connectivity index (χ2n) is 8.59. The standard InChI is InChI=1S/C23H40O4/c1-5-6-15-23(3,26)16-11-13-19-18(2)17-21(24)20(19)12-9-7-8-10-14-22(25)27-4/h11,13,18-20,26H,5-10,12,14-17H2,1-4H3/b13-11+/t18?,19-,20?,23-/m0/s1. The second kappa shape index (κ2) is 12.3. The quantitative estimate of drug-likeness (QED) is 0.270. The molecule has 0 spiro atoms. The molecule has 4 atom stereocenters. The minimum absolute atomic E-state index is 0.123. The van der Waals surface area contributed by atoms with Crippen LogP contribution < -0.4 is 0 Å². The maximum atomic E-state index is 12.4. The van der Waals surface area contributed by atoms with Crippen molar-refractivity contribution in [3.8, 4) is 0 Å². The first-order valence-corrected chi connectivity index (χ1v) is 10.8. The van der Waals surface area contributed by atoms with E-state index in [1.165, 1.54) is 7.11 Å². The van der Waals surface area contributed by atoms with Gasteiger partial charge in [-0.3, -0.25) is 9.59 Å². The van der Waals surface area contributed by atoms with Crippen LogP contribution in [0.2, 0.25) is 0 Å². The number of aliphatic hydroxyl groups is 1. The highest BCUT2D eigenvalue weighted by Crippen LogP contribution is 2.38. The monoisotopic (exact) mass is 380 g/mol. The van der Waals surface area contributed by atoms with Crippen molar-refractivity contribution in [2.75, 3.05) is 7.11 Å². The van der Waals surface area contributed by atoms with Gasteiger partial charge in [0, 0.05) is 18.8 Å². The van der Waals surface area contributed by atoms with Crippen LogP contribution in [-0.2, 0) is 14.3 Å². The van der Waals surface area contributed by atoms with Gasteiger partial charge in [0.2, 0.25) is 0 Å². The highest BCUT2D eigenvalue weighted by Gasteiger charge is 2.37. The van der Waals surface area contributed by atoms with Gasteiger partial charge in [-0.05, 0) is 44.4 Å². The summed E-state index contributed by atoms with van der Waals surface area (Å²) in [4.78, 5) is 23.5. The van der Waals surface area contributed by atoms with Gasteiger partial charge < -0.3 is 9.84 Å². The molecule has 0 radical (unpaired) electrons. The van der Waals surface area contributed by atoms with E-state index in [1.54, 1.807) is 0 Å². The van der Waals surface area contributed by atoms with Crippen LogP contribution in [0.5, 0.6) is 0 Å². The molecule has 1 fully saturated rings. The normalized spacial score (nSPS) is 25.1. The molecule has 4 heteroatoms. The smallest absolute Gasteiger partial charge is 0.305 e. The van der Waals surface area contributed by atoms with E-state index in [4.69, 9.17) is 0 Å². The Hall–Kier alpha value is -1.16. The lowest BCUT2D eigenvalue weighted by Crippen LogP contribution is -2.23. The molecular formula is C23H40O4. The Morgan fingerprint density at radius 3 is 2.63 bits per heavy atom. The Morgan fingerprint density at radius 1 is 1.26 bits per heavy atom. The summed E-state index contributed by atoms with van der Waals surface area (Å²) in [5.41, 5.74) is -0.645. The third-order valence-corrected chi connectivity index (χ3v) is 5.92. The van der Waals surface area contributed by atoms with Gasteiger partial charge in [-0.1, -0.05) is 58.1 Å². The number of unbranched alkanes of at least 4 members (excludes halogenated alkanes) is 4. The molecule has 0 heterocycles. The van der Waals surface area contributed by atoms with Gasteiger partial charge in [0.1, 0.15) is 5.78 Å². The van der Waals surface area contributed by atoms with Crippen LogP contribution in [0, 0.1) is 17.8 Å². The Kier molecular flexibility index (Phi) is 10.9. The van der Waals surface area contributed by atoms with Gasteiger partial charge in [0.05, 0.1) is 12.7 Å². The van der Waals surface area contributed by atoms with Crippen LogP contribution in [0.1, 0.15) is 91.4 Å². The summed E-state index contributed by atoms with van der Waals surface area (Å²) in [7, 11) is 1.42. The number of Topliss-reactive ketones (excluding diaryl/α,β-unsaturated/α-hetero) is 1. The summed E-state index contributed by atoms with van der Waals surface area (Å²) < 4.78 is 4.65. The van der Waals surface area contributed by atoms with Gasteiger partial charge in [-0.15, -0.1) is 0 Å². The number of methoxy groups -OCH3 is 1. The van der Waals surface area contributed by atoms with Crippen LogP contribution in [0.15, 0.2) is 12.2 Å². The third-order valence-electron chi connectivity index (χ3n) is 5.92. The number of hydrogen-bond acceptors (Lipinski definition) is 4. The third kappa shape index (κ3) is 9.05. The van der Waals surface area contributed by atoms with Gasteiger partial charge in [-0.2, -0.15) is 0 Å². The number of allylic oxidation sites excluding steroid dienone is 1. The topological polar surface area (TPSA) is 63.6 Å². The van der Waals surface area contributed by atoms with Crippen LogP contribution in [-0.4, -0.2) is 29.6 Å². The molecule has 0 bridgehead atoms. The first-order valence-electron chi connectivity index (χ1n) is 10.8. The SMILES string of the molecule is CCCC[C@](C)(O)C/C=C/[C@H]1C(C)CC(=O)C1CCCCCCC(=O)OC. The fourth-order valence-electron chi connectivity index (χ4n) is 4.12. The van der Waals surface area contributed by atoms with E-state index in [0.717, 1.165) is 51.4 Å². The predicted molar refractivity (Wildman–Crippen MR) is 109 cm³/mol. The van der Waals surface area contributed by atoms with Crippen molar-refractivity contribution in [3.05, 3.63) is 12.2 Å². The molecule has 0 amide bonds. The lowest BCUT2D eigenvalue weighted by molar-refractivity contribution is -0.140. The van der Waals surface area contributed by atoms with Crippen molar-refractivity contribution in [3.63, 3.8) is 0 Å². The van der Waals surface area contributed by atoms with E-state index in [-0.39, 0.29) is 11.9 Å². The highest BCUT2D eigenvalue weighted by atomic mass is 16.5. The molecule has 1 aliphatic rings. The fraction of sp³-hybridized carbons (Fsp3) is 0.826. The zero-order valence-corrected chi connectivity index (χ0v) is 17.8. The zero-order valence-electron chi connectivity index (χ0n) is 17.8. The summed E-state index contributed by atoms with van der Waals surface area (Å²) >= 11 is 0. The Morgan fingerprint density at radius 2 is 1.96 bits per heavy atom. The molecule has 0 saturated heterocycles.